The number of hydrogen-bond donors (Lipinski definition) is 2. The van der Waals surface area contributed by atoms with Crippen LogP contribution in [-0.2, 0) is 16.0 Å². The lowest BCUT2D eigenvalue weighted by atomic mass is 9.98. The first-order valence-corrected chi connectivity index (χ1v) is 11.9. The van der Waals surface area contributed by atoms with E-state index < -0.39 is 23.0 Å². The highest BCUT2D eigenvalue weighted by atomic mass is 32.2. The van der Waals surface area contributed by atoms with Crippen molar-refractivity contribution in [2.75, 3.05) is 0 Å². The maximum Gasteiger partial charge on any atom is 0.408 e. The van der Waals surface area contributed by atoms with Gasteiger partial charge in [0.15, 0.2) is 0 Å². The van der Waals surface area contributed by atoms with Crippen LogP contribution in [0.4, 0.5) is 4.79 Å². The summed E-state index contributed by atoms with van der Waals surface area (Å²) in [6.07, 6.45) is 6.23. The number of alkyl carbamates (subject to hydrolysis) is 1. The Bertz CT molecular complexity index is 980. The SMILES string of the molecule is CC(C)(C)OC(=O)N[C@@H](CC1=CCC(NS(=O)[O-])C=C1)c1nc(-c2ccccc2)cs1. The van der Waals surface area contributed by atoms with Crippen LogP contribution < -0.4 is 10.0 Å². The van der Waals surface area contributed by atoms with Gasteiger partial charge in [0.05, 0.1) is 11.7 Å². The lowest BCUT2D eigenvalue weighted by Crippen LogP contribution is -2.35. The molecule has 3 rings (SSSR count). The third kappa shape index (κ3) is 7.39. The molecule has 1 aromatic carbocycles. The van der Waals surface area contributed by atoms with Crippen LogP contribution in [0, 0.1) is 0 Å². The second kappa shape index (κ2) is 10.3. The standard InChI is InChI=1S/C22H27N3O4S2/c1-22(2,3)29-21(26)24-18(13-15-9-11-17(12-10-15)25-31(27)28)20-23-19(14-30-20)16-7-5-4-6-8-16/h4-11,14,17-18,25H,12-13H2,1-3H3,(H,24,26)(H,27,28)/p-1/t17?,18-/m0/s1. The fourth-order valence-corrected chi connectivity index (χ4v) is 4.40. The van der Waals surface area contributed by atoms with E-state index in [1.165, 1.54) is 11.3 Å². The quantitative estimate of drug-likeness (QED) is 0.596. The van der Waals surface area contributed by atoms with E-state index in [2.05, 4.69) is 10.0 Å². The molecule has 0 radical (unpaired) electrons. The maximum absolute atomic E-state index is 12.5. The fraction of sp³-hybridized carbons (Fsp3) is 0.364. The average molecular weight is 461 g/mol. The Hall–Kier alpha value is -2.33. The number of benzene rings is 1. The summed E-state index contributed by atoms with van der Waals surface area (Å²) in [6, 6.07) is 9.23. The van der Waals surface area contributed by atoms with Crippen molar-refractivity contribution in [2.45, 2.75) is 51.3 Å². The van der Waals surface area contributed by atoms with E-state index in [0.717, 1.165) is 21.8 Å². The number of amides is 1. The molecule has 0 bridgehead atoms. The van der Waals surface area contributed by atoms with E-state index in [-0.39, 0.29) is 12.1 Å². The summed E-state index contributed by atoms with van der Waals surface area (Å²) in [5.41, 5.74) is 2.25. The molecule has 3 atom stereocenters. The molecule has 0 spiro atoms. The summed E-state index contributed by atoms with van der Waals surface area (Å²) in [5.74, 6) is 0. The van der Waals surface area contributed by atoms with Crippen LogP contribution in [0.2, 0.25) is 0 Å². The molecule has 2 aromatic rings. The van der Waals surface area contributed by atoms with E-state index >= 15 is 0 Å². The molecule has 1 aromatic heterocycles. The predicted octanol–water partition coefficient (Wildman–Crippen LogP) is 4.40. The summed E-state index contributed by atoms with van der Waals surface area (Å²) >= 11 is -0.827. The van der Waals surface area contributed by atoms with E-state index in [1.807, 2.05) is 74.7 Å². The van der Waals surface area contributed by atoms with E-state index in [1.54, 1.807) is 0 Å². The highest BCUT2D eigenvalue weighted by molar-refractivity contribution is 7.77. The van der Waals surface area contributed by atoms with Crippen LogP contribution in [0.25, 0.3) is 11.3 Å². The van der Waals surface area contributed by atoms with Crippen molar-refractivity contribution in [3.63, 3.8) is 0 Å². The van der Waals surface area contributed by atoms with Gasteiger partial charge in [0.25, 0.3) is 0 Å². The van der Waals surface area contributed by atoms with Crippen molar-refractivity contribution < 1.29 is 18.3 Å². The van der Waals surface area contributed by atoms with Crippen molar-refractivity contribution in [3.05, 3.63) is 64.5 Å². The first-order chi connectivity index (χ1) is 14.7. The number of nitrogens with one attached hydrogen (secondary N) is 2. The number of allylic oxidation sites excluding steroid dienone is 1. The molecule has 2 N–H and O–H groups in total. The second-order valence-corrected chi connectivity index (χ2v) is 9.77. The number of thiazole rings is 1. The molecule has 0 aliphatic heterocycles. The minimum absolute atomic E-state index is 0.260. The van der Waals surface area contributed by atoms with E-state index in [9.17, 15) is 13.6 Å². The molecule has 7 nitrogen and oxygen atoms in total. The third-order valence-corrected chi connectivity index (χ3v) is 5.90. The van der Waals surface area contributed by atoms with Crippen LogP contribution in [0.15, 0.2) is 59.5 Å². The summed E-state index contributed by atoms with van der Waals surface area (Å²) in [6.45, 7) is 5.45. The highest BCUT2D eigenvalue weighted by Gasteiger charge is 2.24. The van der Waals surface area contributed by atoms with Crippen molar-refractivity contribution >= 4 is 28.7 Å². The van der Waals surface area contributed by atoms with Crippen molar-refractivity contribution in [1.29, 1.82) is 0 Å². The normalized spacial score (nSPS) is 18.2. The van der Waals surface area contributed by atoms with Gasteiger partial charge in [-0.25, -0.2) is 14.5 Å². The number of hydrogen-bond acceptors (Lipinski definition) is 6. The topological polar surface area (TPSA) is 103 Å². The van der Waals surface area contributed by atoms with E-state index in [4.69, 9.17) is 9.72 Å². The lowest BCUT2D eigenvalue weighted by Gasteiger charge is -2.24. The third-order valence-electron chi connectivity index (χ3n) is 4.44. The zero-order valence-electron chi connectivity index (χ0n) is 17.7. The molecule has 0 saturated heterocycles. The lowest BCUT2D eigenvalue weighted by molar-refractivity contribution is 0.0503. The van der Waals surface area contributed by atoms with Gasteiger partial charge in [-0.15, -0.1) is 11.3 Å². The molecule has 1 aliphatic rings. The molecule has 1 heterocycles. The smallest absolute Gasteiger partial charge is 0.408 e. The van der Waals surface area contributed by atoms with Gasteiger partial charge >= 0.3 is 6.09 Å². The van der Waals surface area contributed by atoms with Gasteiger partial charge in [-0.2, -0.15) is 0 Å². The minimum Gasteiger partial charge on any atom is -0.760 e. The number of rotatable bonds is 7. The van der Waals surface area contributed by atoms with Crippen LogP contribution >= 0.6 is 11.3 Å². The van der Waals surface area contributed by atoms with Gasteiger partial charge in [-0.05, 0) is 39.2 Å². The van der Waals surface area contributed by atoms with Crippen molar-refractivity contribution in [2.24, 2.45) is 0 Å². The summed E-state index contributed by atoms with van der Waals surface area (Å²) in [4.78, 5) is 17.2. The Morgan fingerprint density at radius 1 is 1.35 bits per heavy atom. The predicted molar refractivity (Wildman–Crippen MR) is 122 cm³/mol. The van der Waals surface area contributed by atoms with Gasteiger partial charge in [0, 0.05) is 28.3 Å². The van der Waals surface area contributed by atoms with Crippen LogP contribution in [-0.4, -0.2) is 31.5 Å². The fourth-order valence-electron chi connectivity index (χ4n) is 3.10. The average Bonchev–Trinajstić information content (AvgIpc) is 3.18. The minimum atomic E-state index is -2.31. The van der Waals surface area contributed by atoms with Crippen LogP contribution in [0.3, 0.4) is 0 Å². The maximum atomic E-state index is 12.5. The zero-order chi connectivity index (χ0) is 22.4. The van der Waals surface area contributed by atoms with Gasteiger partial charge in [0.1, 0.15) is 10.6 Å². The molecule has 9 heteroatoms. The first-order valence-electron chi connectivity index (χ1n) is 9.92. The monoisotopic (exact) mass is 460 g/mol. The zero-order valence-corrected chi connectivity index (χ0v) is 19.3. The molecule has 0 saturated carbocycles. The van der Waals surface area contributed by atoms with Crippen molar-refractivity contribution in [1.82, 2.24) is 15.0 Å². The molecular formula is C22H26N3O4S2-. The Balaban J connectivity index is 1.77. The molecule has 1 aliphatic carbocycles. The Labute approximate surface area is 189 Å². The molecule has 31 heavy (non-hydrogen) atoms. The summed E-state index contributed by atoms with van der Waals surface area (Å²) < 4.78 is 29.6. The molecule has 0 fully saturated rings. The second-order valence-electron chi connectivity index (χ2n) is 8.17. The number of aromatic nitrogens is 1. The Morgan fingerprint density at radius 2 is 2.10 bits per heavy atom. The van der Waals surface area contributed by atoms with E-state index in [0.29, 0.717) is 12.8 Å². The number of ether oxygens (including phenoxy) is 1. The van der Waals surface area contributed by atoms with Crippen LogP contribution in [0.5, 0.6) is 0 Å². The Kier molecular flexibility index (Phi) is 7.77. The summed E-state index contributed by atoms with van der Waals surface area (Å²) in [5, 5.41) is 5.70. The molecule has 2 unspecified atom stereocenters. The highest BCUT2D eigenvalue weighted by Crippen LogP contribution is 2.30. The largest absolute Gasteiger partial charge is 0.760 e. The van der Waals surface area contributed by atoms with Gasteiger partial charge in [0.2, 0.25) is 0 Å². The number of carbonyl (C=O) groups excluding carboxylic acids is 1. The van der Waals surface area contributed by atoms with Gasteiger partial charge in [-0.1, -0.05) is 48.6 Å². The first kappa shape index (κ1) is 23.3. The Morgan fingerprint density at radius 3 is 2.71 bits per heavy atom. The molecular weight excluding hydrogens is 434 g/mol. The molecule has 166 valence electrons. The number of carbonyl (C=O) groups is 1. The van der Waals surface area contributed by atoms with Crippen LogP contribution in [0.1, 0.15) is 44.7 Å². The van der Waals surface area contributed by atoms with Gasteiger partial charge in [-0.3, -0.25) is 4.21 Å². The van der Waals surface area contributed by atoms with Crippen molar-refractivity contribution in [3.8, 4) is 11.3 Å². The summed E-state index contributed by atoms with van der Waals surface area (Å²) in [7, 11) is 0. The number of nitrogens with zero attached hydrogens (tertiary/aromatic N) is 1. The molecule has 1 amide bonds. The van der Waals surface area contributed by atoms with Gasteiger partial charge < -0.3 is 14.6 Å².